The Labute approximate surface area is 113 Å². The van der Waals surface area contributed by atoms with Crippen LogP contribution in [0.1, 0.15) is 0 Å². The lowest BCUT2D eigenvalue weighted by atomic mass is 9.99. The first-order chi connectivity index (χ1) is 9.59. The van der Waals surface area contributed by atoms with Crippen molar-refractivity contribution in [1.82, 2.24) is 0 Å². The quantitative estimate of drug-likeness (QED) is 0.591. The molecule has 20 heavy (non-hydrogen) atoms. The second-order valence-corrected chi connectivity index (χ2v) is 4.29. The van der Waals surface area contributed by atoms with Gasteiger partial charge in [0.25, 0.3) is 0 Å². The van der Waals surface area contributed by atoms with Crippen LogP contribution in [0.3, 0.4) is 0 Å². The molecule has 3 N–H and O–H groups in total. The molecule has 0 saturated carbocycles. The molecule has 0 aliphatic rings. The molecule has 2 aromatic carbocycles. The average molecular weight is 270 g/mol. The number of phenols is 3. The molecule has 1 aromatic heterocycles. The average Bonchev–Trinajstić information content (AvgIpc) is 2.45. The fourth-order valence-corrected chi connectivity index (χ4v) is 2.15. The zero-order chi connectivity index (χ0) is 14.3. The summed E-state index contributed by atoms with van der Waals surface area (Å²) in [5, 5.41) is 29.2. The smallest absolute Gasteiger partial charge is 0.200 e. The summed E-state index contributed by atoms with van der Waals surface area (Å²) in [5.41, 5.74) is 0.782. The largest absolute Gasteiger partial charge is 0.504 e. The van der Waals surface area contributed by atoms with Crippen molar-refractivity contribution in [2.24, 2.45) is 0 Å². The fourth-order valence-electron chi connectivity index (χ4n) is 2.15. The van der Waals surface area contributed by atoms with E-state index in [1.54, 1.807) is 18.2 Å². The first kappa shape index (κ1) is 12.1. The highest BCUT2D eigenvalue weighted by Crippen LogP contribution is 2.43. The number of aromatic hydroxyl groups is 3. The molecule has 0 fully saturated rings. The Hall–Kier alpha value is -2.95. The summed E-state index contributed by atoms with van der Waals surface area (Å²) in [6, 6.07) is 8.88. The molecule has 0 amide bonds. The van der Waals surface area contributed by atoms with Crippen LogP contribution in [0.4, 0.5) is 0 Å². The van der Waals surface area contributed by atoms with Gasteiger partial charge in [0.2, 0.25) is 5.75 Å². The molecule has 0 radical (unpaired) electrons. The van der Waals surface area contributed by atoms with Gasteiger partial charge in [-0.2, -0.15) is 0 Å². The molecular formula is C15H10O5. The van der Waals surface area contributed by atoms with Crippen LogP contribution in [0.5, 0.6) is 17.2 Å². The normalized spacial score (nSPS) is 10.8. The van der Waals surface area contributed by atoms with Crippen LogP contribution >= 0.6 is 0 Å². The third kappa shape index (κ3) is 1.68. The van der Waals surface area contributed by atoms with Crippen molar-refractivity contribution in [2.45, 2.75) is 0 Å². The maximum atomic E-state index is 12.0. The molecular weight excluding hydrogens is 260 g/mol. The minimum absolute atomic E-state index is 0.240. The molecule has 0 aliphatic heterocycles. The standard InChI is InChI=1S/C15H10O5/c16-10-6-7-20-12-3-1-2-8(13(10)12)9-4-5-11(17)15(19)14(9)18/h1-7,17-19H. The number of benzene rings is 2. The number of rotatable bonds is 1. The first-order valence-corrected chi connectivity index (χ1v) is 5.84. The van der Waals surface area contributed by atoms with E-state index < -0.39 is 17.2 Å². The molecule has 0 saturated heterocycles. The molecule has 5 nitrogen and oxygen atoms in total. The number of hydrogen-bond acceptors (Lipinski definition) is 5. The van der Waals surface area contributed by atoms with Gasteiger partial charge in [-0.3, -0.25) is 4.79 Å². The SMILES string of the molecule is O=c1ccoc2cccc(-c3ccc(O)c(O)c3O)c12. The third-order valence-electron chi connectivity index (χ3n) is 3.11. The van der Waals surface area contributed by atoms with Gasteiger partial charge in [-0.25, -0.2) is 0 Å². The molecule has 0 unspecified atom stereocenters. The van der Waals surface area contributed by atoms with Gasteiger partial charge in [0, 0.05) is 17.2 Å². The van der Waals surface area contributed by atoms with Crippen LogP contribution in [-0.4, -0.2) is 15.3 Å². The van der Waals surface area contributed by atoms with Gasteiger partial charge in [-0.1, -0.05) is 12.1 Å². The Bertz CT molecular complexity index is 859. The van der Waals surface area contributed by atoms with E-state index >= 15 is 0 Å². The molecule has 0 aliphatic carbocycles. The van der Waals surface area contributed by atoms with Gasteiger partial charge >= 0.3 is 0 Å². The van der Waals surface area contributed by atoms with Crippen LogP contribution in [0.25, 0.3) is 22.1 Å². The summed E-state index contributed by atoms with van der Waals surface area (Å²) < 4.78 is 5.25. The van der Waals surface area contributed by atoms with E-state index in [0.29, 0.717) is 16.5 Å². The van der Waals surface area contributed by atoms with E-state index in [1.165, 1.54) is 24.5 Å². The Morgan fingerprint density at radius 3 is 2.45 bits per heavy atom. The highest BCUT2D eigenvalue weighted by molar-refractivity contribution is 5.95. The van der Waals surface area contributed by atoms with Crippen LogP contribution in [0.15, 0.2) is 51.9 Å². The third-order valence-corrected chi connectivity index (χ3v) is 3.11. The van der Waals surface area contributed by atoms with Crippen LogP contribution in [0.2, 0.25) is 0 Å². The minimum atomic E-state index is -0.625. The van der Waals surface area contributed by atoms with E-state index in [1.807, 2.05) is 0 Å². The highest BCUT2D eigenvalue weighted by Gasteiger charge is 2.16. The van der Waals surface area contributed by atoms with Crippen molar-refractivity contribution in [3.63, 3.8) is 0 Å². The van der Waals surface area contributed by atoms with Crippen molar-refractivity contribution >= 4 is 11.0 Å². The van der Waals surface area contributed by atoms with E-state index in [-0.39, 0.29) is 11.0 Å². The Kier molecular flexibility index (Phi) is 2.61. The molecule has 0 spiro atoms. The van der Waals surface area contributed by atoms with Gasteiger partial charge in [-0.05, 0) is 18.2 Å². The first-order valence-electron chi connectivity index (χ1n) is 5.84. The summed E-state index contributed by atoms with van der Waals surface area (Å²) in [5.74, 6) is -1.54. The Morgan fingerprint density at radius 2 is 1.65 bits per heavy atom. The van der Waals surface area contributed by atoms with Crippen LogP contribution < -0.4 is 5.43 Å². The van der Waals surface area contributed by atoms with E-state index in [9.17, 15) is 20.1 Å². The van der Waals surface area contributed by atoms with Crippen LogP contribution in [-0.2, 0) is 0 Å². The lowest BCUT2D eigenvalue weighted by molar-refractivity contribution is 0.369. The molecule has 0 bridgehead atoms. The van der Waals surface area contributed by atoms with E-state index in [2.05, 4.69) is 0 Å². The second kappa shape index (κ2) is 4.31. The zero-order valence-corrected chi connectivity index (χ0v) is 10.2. The lowest BCUT2D eigenvalue weighted by Gasteiger charge is -2.09. The van der Waals surface area contributed by atoms with Crippen molar-refractivity contribution in [3.05, 3.63) is 52.9 Å². The van der Waals surface area contributed by atoms with Gasteiger partial charge in [-0.15, -0.1) is 0 Å². The Balaban J connectivity index is 2.42. The van der Waals surface area contributed by atoms with Gasteiger partial charge in [0.1, 0.15) is 5.58 Å². The molecule has 3 aromatic rings. The molecule has 1 heterocycles. The highest BCUT2D eigenvalue weighted by atomic mass is 16.3. The van der Waals surface area contributed by atoms with E-state index in [4.69, 9.17) is 4.42 Å². The molecule has 0 atom stereocenters. The van der Waals surface area contributed by atoms with Crippen molar-refractivity contribution in [2.75, 3.05) is 0 Å². The summed E-state index contributed by atoms with van der Waals surface area (Å²) in [4.78, 5) is 12.0. The molecule has 100 valence electrons. The maximum Gasteiger partial charge on any atom is 0.200 e. The lowest BCUT2D eigenvalue weighted by Crippen LogP contribution is -2.00. The van der Waals surface area contributed by atoms with Gasteiger partial charge < -0.3 is 19.7 Å². The minimum Gasteiger partial charge on any atom is -0.504 e. The second-order valence-electron chi connectivity index (χ2n) is 4.29. The van der Waals surface area contributed by atoms with Crippen molar-refractivity contribution in [1.29, 1.82) is 0 Å². The molecule has 3 rings (SSSR count). The zero-order valence-electron chi connectivity index (χ0n) is 10.2. The maximum absolute atomic E-state index is 12.0. The van der Waals surface area contributed by atoms with Crippen LogP contribution in [0, 0.1) is 0 Å². The van der Waals surface area contributed by atoms with Crippen molar-refractivity contribution in [3.8, 4) is 28.4 Å². The van der Waals surface area contributed by atoms with Gasteiger partial charge in [0.05, 0.1) is 11.6 Å². The summed E-state index contributed by atoms with van der Waals surface area (Å²) in [6.07, 6.45) is 1.29. The summed E-state index contributed by atoms with van der Waals surface area (Å²) in [7, 11) is 0. The fraction of sp³-hybridized carbons (Fsp3) is 0. The molecule has 5 heteroatoms. The summed E-state index contributed by atoms with van der Waals surface area (Å²) in [6.45, 7) is 0. The predicted molar refractivity (Wildman–Crippen MR) is 72.9 cm³/mol. The number of phenolic OH excluding ortho intramolecular Hbond substituents is 3. The predicted octanol–water partition coefficient (Wildman–Crippen LogP) is 2.58. The summed E-state index contributed by atoms with van der Waals surface area (Å²) >= 11 is 0. The van der Waals surface area contributed by atoms with Crippen molar-refractivity contribution < 1.29 is 19.7 Å². The van der Waals surface area contributed by atoms with Gasteiger partial charge in [0.15, 0.2) is 16.9 Å². The monoisotopic (exact) mass is 270 g/mol. The topological polar surface area (TPSA) is 90.9 Å². The number of fused-ring (bicyclic) bond motifs is 1. The Morgan fingerprint density at radius 1 is 0.850 bits per heavy atom. The van der Waals surface area contributed by atoms with E-state index in [0.717, 1.165) is 0 Å². The number of hydrogen-bond donors (Lipinski definition) is 3.